The molecule has 2 aliphatic heterocycles. The average molecular weight is 522 g/mol. The van der Waals surface area contributed by atoms with Crippen molar-refractivity contribution in [3.63, 3.8) is 0 Å². The second-order valence-electron chi connectivity index (χ2n) is 8.34. The maximum absolute atomic E-state index is 13.1. The minimum atomic E-state index is -0.309. The van der Waals surface area contributed by atoms with Crippen LogP contribution in [0, 0.1) is 5.92 Å². The van der Waals surface area contributed by atoms with Crippen LogP contribution in [0.15, 0.2) is 65.4 Å². The summed E-state index contributed by atoms with van der Waals surface area (Å²) in [6.45, 7) is 2.96. The van der Waals surface area contributed by atoms with Crippen molar-refractivity contribution in [2.45, 2.75) is 6.42 Å². The Bertz CT molecular complexity index is 1170. The molecule has 0 saturated carbocycles. The van der Waals surface area contributed by atoms with Crippen LogP contribution in [0.25, 0.3) is 0 Å². The van der Waals surface area contributed by atoms with Gasteiger partial charge in [0, 0.05) is 67.4 Å². The number of hydrogen-bond acceptors (Lipinski definition) is 7. The van der Waals surface area contributed by atoms with Gasteiger partial charge in [0.1, 0.15) is 0 Å². The molecule has 2 aliphatic rings. The van der Waals surface area contributed by atoms with E-state index in [9.17, 15) is 9.59 Å². The monoisotopic (exact) mass is 521 g/mol. The molecular weight excluding hydrogens is 498 g/mol. The van der Waals surface area contributed by atoms with Gasteiger partial charge in [-0.25, -0.2) is 0 Å². The number of nitrogens with one attached hydrogen (secondary N) is 1. The summed E-state index contributed by atoms with van der Waals surface area (Å²) in [4.78, 5) is 35.4. The van der Waals surface area contributed by atoms with Crippen molar-refractivity contribution in [1.29, 1.82) is 0 Å². The van der Waals surface area contributed by atoms with Crippen molar-refractivity contribution >= 4 is 50.8 Å². The van der Waals surface area contributed by atoms with E-state index >= 15 is 0 Å². The van der Waals surface area contributed by atoms with E-state index < -0.39 is 0 Å². The first-order chi connectivity index (χ1) is 16.6. The first kappa shape index (κ1) is 22.3. The molecule has 1 N–H and O–H groups in total. The predicted octanol–water partition coefficient (Wildman–Crippen LogP) is 3.08. The van der Waals surface area contributed by atoms with E-state index in [4.69, 9.17) is 0 Å². The molecule has 0 aliphatic carbocycles. The number of piperazine rings is 1. The maximum atomic E-state index is 13.1. The molecule has 4 heterocycles. The average Bonchev–Trinajstić information content (AvgIpc) is 3.26. The zero-order chi connectivity index (χ0) is 23.5. The fourth-order valence-electron chi connectivity index (χ4n) is 4.32. The number of carbonyl (C=O) groups excluding carboxylic acids is 2. The van der Waals surface area contributed by atoms with Crippen LogP contribution < -0.4 is 15.1 Å². The molecule has 2 fully saturated rings. The second kappa shape index (κ2) is 9.76. The summed E-state index contributed by atoms with van der Waals surface area (Å²) in [5, 5.41) is 11.8. The highest BCUT2D eigenvalue weighted by Crippen LogP contribution is 2.28. The van der Waals surface area contributed by atoms with Crippen molar-refractivity contribution in [3.8, 4) is 0 Å². The lowest BCUT2D eigenvalue weighted by Crippen LogP contribution is -2.51. The van der Waals surface area contributed by atoms with E-state index in [0.717, 1.165) is 21.7 Å². The van der Waals surface area contributed by atoms with E-state index in [1.807, 2.05) is 53.4 Å². The lowest BCUT2D eigenvalue weighted by Gasteiger charge is -2.36. The summed E-state index contributed by atoms with van der Waals surface area (Å²) in [5.41, 5.74) is 1.72. The highest BCUT2D eigenvalue weighted by molar-refractivity contribution is 9.10. The third-order valence-electron chi connectivity index (χ3n) is 6.11. The molecule has 3 aromatic rings. The Labute approximate surface area is 205 Å². The number of pyridine rings is 1. The number of nitrogens with zero attached hydrogens (tertiary/aromatic N) is 6. The van der Waals surface area contributed by atoms with Gasteiger partial charge in [0.25, 0.3) is 0 Å². The Balaban J connectivity index is 1.15. The van der Waals surface area contributed by atoms with Gasteiger partial charge in [-0.15, -0.1) is 10.2 Å². The third kappa shape index (κ3) is 4.86. The van der Waals surface area contributed by atoms with Crippen molar-refractivity contribution in [2.75, 3.05) is 47.8 Å². The number of anilines is 4. The molecule has 0 bridgehead atoms. The highest BCUT2D eigenvalue weighted by Gasteiger charge is 2.38. The standard InChI is InChI=1S/C24H24BrN7O2/c25-18-2-1-3-20(15-18)32-16-17(14-23(32)33)24(34)31-12-10-30(11-13-31)22-5-4-21(28-29-22)27-19-6-8-26-9-7-19/h1-9,15,17H,10-14,16H2,(H,26,27,28). The minimum Gasteiger partial charge on any atom is -0.352 e. The van der Waals surface area contributed by atoms with E-state index in [1.54, 1.807) is 17.3 Å². The number of rotatable bonds is 5. The molecule has 1 atom stereocenters. The van der Waals surface area contributed by atoms with Crippen molar-refractivity contribution in [3.05, 3.63) is 65.4 Å². The third-order valence-corrected chi connectivity index (χ3v) is 6.61. The Morgan fingerprint density at radius 3 is 2.50 bits per heavy atom. The molecule has 2 amide bonds. The molecule has 34 heavy (non-hydrogen) atoms. The highest BCUT2D eigenvalue weighted by atomic mass is 79.9. The van der Waals surface area contributed by atoms with E-state index in [2.05, 4.69) is 41.3 Å². The SMILES string of the molecule is O=C(C1CC(=O)N(c2cccc(Br)c2)C1)N1CCN(c2ccc(Nc3ccncc3)nn2)CC1. The molecule has 1 unspecified atom stereocenters. The van der Waals surface area contributed by atoms with Crippen LogP contribution in [0.5, 0.6) is 0 Å². The molecule has 2 aromatic heterocycles. The van der Waals surface area contributed by atoms with Crippen molar-refractivity contribution in [1.82, 2.24) is 20.1 Å². The van der Waals surface area contributed by atoms with Gasteiger partial charge in [0.15, 0.2) is 11.6 Å². The van der Waals surface area contributed by atoms with Gasteiger partial charge >= 0.3 is 0 Å². The fourth-order valence-corrected chi connectivity index (χ4v) is 4.71. The summed E-state index contributed by atoms with van der Waals surface area (Å²) >= 11 is 3.45. The van der Waals surface area contributed by atoms with Crippen molar-refractivity contribution < 1.29 is 9.59 Å². The van der Waals surface area contributed by atoms with Gasteiger partial charge in [0.2, 0.25) is 11.8 Å². The summed E-state index contributed by atoms with van der Waals surface area (Å²) < 4.78 is 0.910. The van der Waals surface area contributed by atoms with E-state index in [1.165, 1.54) is 0 Å². The predicted molar refractivity (Wildman–Crippen MR) is 133 cm³/mol. The number of halogens is 1. The Morgan fingerprint density at radius 2 is 1.79 bits per heavy atom. The topological polar surface area (TPSA) is 94.6 Å². The van der Waals surface area contributed by atoms with E-state index in [-0.39, 0.29) is 24.2 Å². The van der Waals surface area contributed by atoms with Crippen LogP contribution in [0.2, 0.25) is 0 Å². The zero-order valence-electron chi connectivity index (χ0n) is 18.5. The number of aromatic nitrogens is 3. The smallest absolute Gasteiger partial charge is 0.228 e. The number of benzene rings is 1. The van der Waals surface area contributed by atoms with Crippen LogP contribution in [-0.2, 0) is 9.59 Å². The minimum absolute atomic E-state index is 0.00850. The van der Waals surface area contributed by atoms with Crippen LogP contribution in [0.4, 0.5) is 23.0 Å². The largest absolute Gasteiger partial charge is 0.352 e. The Kier molecular flexibility index (Phi) is 6.39. The van der Waals surface area contributed by atoms with Crippen molar-refractivity contribution in [2.24, 2.45) is 5.92 Å². The Hall–Kier alpha value is -3.53. The summed E-state index contributed by atoms with van der Waals surface area (Å²) in [5.74, 6) is 1.17. The number of hydrogen-bond donors (Lipinski definition) is 1. The normalized spacial score (nSPS) is 18.3. The fraction of sp³-hybridized carbons (Fsp3) is 0.292. The zero-order valence-corrected chi connectivity index (χ0v) is 20.1. The van der Waals surface area contributed by atoms with Crippen LogP contribution in [0.3, 0.4) is 0 Å². The van der Waals surface area contributed by atoms with Gasteiger partial charge in [-0.05, 0) is 42.5 Å². The van der Waals surface area contributed by atoms with Crippen LogP contribution >= 0.6 is 15.9 Å². The number of carbonyl (C=O) groups is 2. The van der Waals surface area contributed by atoms with Gasteiger partial charge in [-0.2, -0.15) is 0 Å². The quantitative estimate of drug-likeness (QED) is 0.551. The first-order valence-electron chi connectivity index (χ1n) is 11.2. The lowest BCUT2D eigenvalue weighted by molar-refractivity contribution is -0.136. The van der Waals surface area contributed by atoms with Gasteiger partial charge < -0.3 is 20.0 Å². The Morgan fingerprint density at radius 1 is 1.00 bits per heavy atom. The molecule has 0 spiro atoms. The molecule has 2 saturated heterocycles. The molecule has 5 rings (SSSR count). The van der Waals surface area contributed by atoms with E-state index in [0.29, 0.717) is 38.5 Å². The lowest BCUT2D eigenvalue weighted by atomic mass is 10.1. The molecule has 0 radical (unpaired) electrons. The molecule has 174 valence electrons. The number of amides is 2. The molecule has 9 nitrogen and oxygen atoms in total. The second-order valence-corrected chi connectivity index (χ2v) is 9.25. The molecule has 1 aromatic carbocycles. The first-order valence-corrected chi connectivity index (χ1v) is 12.0. The summed E-state index contributed by atoms with van der Waals surface area (Å²) in [6.07, 6.45) is 3.68. The summed E-state index contributed by atoms with van der Waals surface area (Å²) in [6, 6.07) is 15.2. The van der Waals surface area contributed by atoms with Crippen LogP contribution in [-0.4, -0.2) is 64.6 Å². The summed E-state index contributed by atoms with van der Waals surface area (Å²) in [7, 11) is 0. The van der Waals surface area contributed by atoms with Crippen LogP contribution in [0.1, 0.15) is 6.42 Å². The molecular formula is C24H24BrN7O2. The van der Waals surface area contributed by atoms with Gasteiger partial charge in [-0.3, -0.25) is 14.6 Å². The molecule has 10 heteroatoms. The maximum Gasteiger partial charge on any atom is 0.228 e. The van der Waals surface area contributed by atoms with Gasteiger partial charge in [0.05, 0.1) is 5.92 Å². The van der Waals surface area contributed by atoms with Gasteiger partial charge in [-0.1, -0.05) is 22.0 Å².